The molecular weight excluding hydrogens is 396 g/mol. The molecule has 0 fully saturated rings. The molecule has 0 amide bonds. The van der Waals surface area contributed by atoms with Crippen LogP contribution < -0.4 is 9.21 Å². The number of rotatable bonds is 3. The number of anilines is 2. The molecule has 0 aliphatic carbocycles. The van der Waals surface area contributed by atoms with Gasteiger partial charge < -0.3 is 4.90 Å². The van der Waals surface area contributed by atoms with Crippen molar-refractivity contribution >= 4 is 21.4 Å². The number of para-hydroxylation sites is 1. The van der Waals surface area contributed by atoms with Crippen LogP contribution in [0.15, 0.2) is 53.7 Å². The van der Waals surface area contributed by atoms with Crippen molar-refractivity contribution in [2.75, 3.05) is 16.3 Å². The van der Waals surface area contributed by atoms with Crippen LogP contribution in [0.3, 0.4) is 0 Å². The van der Waals surface area contributed by atoms with Crippen LogP contribution in [0.2, 0.25) is 0 Å². The van der Waals surface area contributed by atoms with Crippen molar-refractivity contribution in [2.45, 2.75) is 44.7 Å². The Morgan fingerprint density at radius 3 is 2.30 bits per heavy atom. The second-order valence-corrected chi connectivity index (χ2v) is 10.0. The van der Waals surface area contributed by atoms with Crippen LogP contribution in [0.5, 0.6) is 0 Å². The predicted octanol–water partition coefficient (Wildman–Crippen LogP) is 4.13. The van der Waals surface area contributed by atoms with Crippen LogP contribution in [0.25, 0.3) is 11.1 Å². The smallest absolute Gasteiger partial charge is 0.264 e. The van der Waals surface area contributed by atoms with Gasteiger partial charge in [0.05, 0.1) is 28.5 Å². The minimum Gasteiger partial charge on any atom is -0.368 e. The van der Waals surface area contributed by atoms with E-state index in [0.29, 0.717) is 4.90 Å². The molecule has 3 aromatic rings. The van der Waals surface area contributed by atoms with Gasteiger partial charge in [0.2, 0.25) is 0 Å². The highest BCUT2D eigenvalue weighted by atomic mass is 32.2. The molecule has 0 bridgehead atoms. The third kappa shape index (κ3) is 3.08. The summed E-state index contributed by atoms with van der Waals surface area (Å²) >= 11 is 0. The van der Waals surface area contributed by atoms with Gasteiger partial charge in [0.15, 0.2) is 0 Å². The Bertz CT molecular complexity index is 1220. The quantitative estimate of drug-likeness (QED) is 0.634. The van der Waals surface area contributed by atoms with E-state index in [1.165, 1.54) is 0 Å². The zero-order chi connectivity index (χ0) is 21.8. The van der Waals surface area contributed by atoms with Gasteiger partial charge in [-0.3, -0.25) is 8.99 Å². The number of hydrogen-bond donors (Lipinski definition) is 0. The molecule has 1 aromatic heterocycles. The summed E-state index contributed by atoms with van der Waals surface area (Å²) in [5.41, 5.74) is 5.30. The number of sulfonamides is 1. The number of hydrogen-bond acceptors (Lipinski definition) is 4. The molecule has 0 radical (unpaired) electrons. The zero-order valence-electron chi connectivity index (χ0n) is 18.3. The Morgan fingerprint density at radius 1 is 0.933 bits per heavy atom. The SMILES string of the molecule is Cc1cc(-c2cnn(C)c2)ccc1S(=O)(=O)N1c2c(C)cccc2N(C)[C@H](C)[C@@H]1C. The Labute approximate surface area is 178 Å². The summed E-state index contributed by atoms with van der Waals surface area (Å²) in [6.07, 6.45) is 3.71. The van der Waals surface area contributed by atoms with E-state index in [4.69, 9.17) is 0 Å². The van der Waals surface area contributed by atoms with E-state index in [2.05, 4.69) is 16.9 Å². The summed E-state index contributed by atoms with van der Waals surface area (Å²) in [7, 11) is 0.149. The molecule has 158 valence electrons. The topological polar surface area (TPSA) is 58.4 Å². The van der Waals surface area contributed by atoms with E-state index in [1.807, 2.05) is 71.4 Å². The molecule has 1 aliphatic rings. The predicted molar refractivity (Wildman–Crippen MR) is 122 cm³/mol. The first kappa shape index (κ1) is 20.5. The van der Waals surface area contributed by atoms with Gasteiger partial charge in [-0.05, 0) is 62.6 Å². The third-order valence-electron chi connectivity index (χ3n) is 6.25. The summed E-state index contributed by atoms with van der Waals surface area (Å²) in [6, 6.07) is 11.3. The van der Waals surface area contributed by atoms with Crippen molar-refractivity contribution in [1.82, 2.24) is 9.78 Å². The summed E-state index contributed by atoms with van der Waals surface area (Å²) in [6.45, 7) is 7.87. The van der Waals surface area contributed by atoms with Crippen LogP contribution in [-0.4, -0.2) is 37.3 Å². The van der Waals surface area contributed by atoms with Gasteiger partial charge in [0, 0.05) is 31.9 Å². The largest absolute Gasteiger partial charge is 0.368 e. The molecule has 2 atom stereocenters. The molecule has 7 heteroatoms. The second kappa shape index (κ2) is 7.16. The molecule has 0 saturated heterocycles. The van der Waals surface area contributed by atoms with Crippen LogP contribution in [0.1, 0.15) is 25.0 Å². The van der Waals surface area contributed by atoms with E-state index in [0.717, 1.165) is 33.6 Å². The van der Waals surface area contributed by atoms with Gasteiger partial charge in [-0.2, -0.15) is 5.10 Å². The van der Waals surface area contributed by atoms with Crippen LogP contribution in [0.4, 0.5) is 11.4 Å². The Balaban J connectivity index is 1.85. The maximum atomic E-state index is 13.9. The average molecular weight is 425 g/mol. The van der Waals surface area contributed by atoms with Crippen molar-refractivity contribution in [2.24, 2.45) is 7.05 Å². The number of likely N-dealkylation sites (N-methyl/N-ethyl adjacent to an activating group) is 1. The molecule has 2 heterocycles. The van der Waals surface area contributed by atoms with Crippen molar-refractivity contribution in [1.29, 1.82) is 0 Å². The number of aryl methyl sites for hydroxylation is 3. The molecule has 1 aliphatic heterocycles. The molecule has 2 aromatic carbocycles. The number of nitrogens with zero attached hydrogens (tertiary/aromatic N) is 4. The lowest BCUT2D eigenvalue weighted by molar-refractivity contribution is 0.528. The van der Waals surface area contributed by atoms with Gasteiger partial charge in [-0.1, -0.05) is 18.2 Å². The second-order valence-electron chi connectivity index (χ2n) is 8.22. The van der Waals surface area contributed by atoms with Gasteiger partial charge >= 0.3 is 0 Å². The highest BCUT2D eigenvalue weighted by Crippen LogP contribution is 2.43. The van der Waals surface area contributed by atoms with Crippen molar-refractivity contribution < 1.29 is 8.42 Å². The van der Waals surface area contributed by atoms with Gasteiger partial charge in [-0.15, -0.1) is 0 Å². The third-order valence-corrected chi connectivity index (χ3v) is 8.29. The first-order chi connectivity index (χ1) is 14.1. The summed E-state index contributed by atoms with van der Waals surface area (Å²) in [5.74, 6) is 0. The maximum Gasteiger partial charge on any atom is 0.264 e. The molecule has 4 rings (SSSR count). The maximum absolute atomic E-state index is 13.9. The lowest BCUT2D eigenvalue weighted by Gasteiger charge is -2.46. The summed E-state index contributed by atoms with van der Waals surface area (Å²) in [4.78, 5) is 2.50. The lowest BCUT2D eigenvalue weighted by atomic mass is 10.0. The van der Waals surface area contributed by atoms with Crippen molar-refractivity contribution in [3.8, 4) is 11.1 Å². The van der Waals surface area contributed by atoms with Gasteiger partial charge in [0.1, 0.15) is 0 Å². The van der Waals surface area contributed by atoms with Gasteiger partial charge in [0.25, 0.3) is 10.0 Å². The fourth-order valence-electron chi connectivity index (χ4n) is 4.29. The molecular formula is C23H28N4O2S. The average Bonchev–Trinajstić information content (AvgIpc) is 3.13. The fraction of sp³-hybridized carbons (Fsp3) is 0.348. The van der Waals surface area contributed by atoms with E-state index < -0.39 is 10.0 Å². The minimum absolute atomic E-state index is 0.0454. The van der Waals surface area contributed by atoms with E-state index in [1.54, 1.807) is 21.3 Å². The van der Waals surface area contributed by atoms with Crippen LogP contribution in [-0.2, 0) is 17.1 Å². The molecule has 30 heavy (non-hydrogen) atoms. The minimum atomic E-state index is -3.74. The summed E-state index contributed by atoms with van der Waals surface area (Å²) < 4.78 is 31.2. The van der Waals surface area contributed by atoms with E-state index >= 15 is 0 Å². The molecule has 0 saturated carbocycles. The first-order valence-electron chi connectivity index (χ1n) is 10.1. The highest BCUT2D eigenvalue weighted by Gasteiger charge is 2.40. The fourth-order valence-corrected chi connectivity index (χ4v) is 6.30. The van der Waals surface area contributed by atoms with Gasteiger partial charge in [-0.25, -0.2) is 8.42 Å². The monoisotopic (exact) mass is 424 g/mol. The summed E-state index contributed by atoms with van der Waals surface area (Å²) in [5, 5.41) is 4.21. The molecule has 0 N–H and O–H groups in total. The lowest BCUT2D eigenvalue weighted by Crippen LogP contribution is -2.54. The highest BCUT2D eigenvalue weighted by molar-refractivity contribution is 7.93. The van der Waals surface area contributed by atoms with Crippen LogP contribution in [0, 0.1) is 13.8 Å². The van der Waals surface area contributed by atoms with Crippen LogP contribution >= 0.6 is 0 Å². The van der Waals surface area contributed by atoms with E-state index in [9.17, 15) is 8.42 Å². The number of fused-ring (bicyclic) bond motifs is 1. The first-order valence-corrected chi connectivity index (χ1v) is 11.5. The Kier molecular flexibility index (Phi) is 4.89. The molecule has 0 spiro atoms. The Morgan fingerprint density at radius 2 is 1.67 bits per heavy atom. The normalized spacial score (nSPS) is 19.1. The number of benzene rings is 2. The molecule has 0 unspecified atom stereocenters. The molecule has 6 nitrogen and oxygen atoms in total. The van der Waals surface area contributed by atoms with E-state index in [-0.39, 0.29) is 12.1 Å². The zero-order valence-corrected chi connectivity index (χ0v) is 19.1. The number of aromatic nitrogens is 2. The Hall–Kier alpha value is -2.80. The standard InChI is InChI=1S/C23H28N4O2S/c1-15-8-7-9-21-23(15)27(18(4)17(3)26(21)6)30(28,29)22-11-10-19(12-16(22)2)20-13-24-25(5)14-20/h7-14,17-18H,1-6H3/t17-,18+/m1/s1. The van der Waals surface area contributed by atoms with Crippen molar-refractivity contribution in [3.05, 3.63) is 59.9 Å². The van der Waals surface area contributed by atoms with Crippen molar-refractivity contribution in [3.63, 3.8) is 0 Å².